The molecule has 0 bridgehead atoms. The molecule has 0 atom stereocenters. The van der Waals surface area contributed by atoms with Gasteiger partial charge in [-0.25, -0.2) is 5.10 Å². The van der Waals surface area contributed by atoms with Crippen molar-refractivity contribution < 1.29 is 9.47 Å². The molecule has 1 aromatic heterocycles. The Balaban J connectivity index is 1.93. The topological polar surface area (TPSA) is 67.7 Å². The number of H-pyrrole nitrogens is 1. The highest BCUT2D eigenvalue weighted by atomic mass is 32.1. The van der Waals surface area contributed by atoms with Gasteiger partial charge in [0.05, 0.1) is 20.4 Å². The Morgan fingerprint density at radius 1 is 1.07 bits per heavy atom. The van der Waals surface area contributed by atoms with Gasteiger partial charge in [-0.05, 0) is 60.2 Å². The number of ether oxygens (including phenoxy) is 2. The summed E-state index contributed by atoms with van der Waals surface area (Å²) in [6.07, 6.45) is 1.70. The van der Waals surface area contributed by atoms with E-state index in [4.69, 9.17) is 21.7 Å². The number of methoxy groups -OCH3 is 2. The van der Waals surface area contributed by atoms with E-state index in [9.17, 15) is 0 Å². The second kappa shape index (κ2) is 8.05. The highest BCUT2D eigenvalue weighted by Crippen LogP contribution is 2.27. The van der Waals surface area contributed by atoms with Gasteiger partial charge >= 0.3 is 0 Å². The van der Waals surface area contributed by atoms with Crippen LogP contribution in [0.5, 0.6) is 11.5 Å². The molecule has 0 fully saturated rings. The lowest BCUT2D eigenvalue weighted by atomic mass is 10.2. The zero-order valence-electron chi connectivity index (χ0n) is 15.6. The van der Waals surface area contributed by atoms with E-state index >= 15 is 0 Å². The Kier molecular flexibility index (Phi) is 5.56. The molecular weight excluding hydrogens is 362 g/mol. The van der Waals surface area contributed by atoms with Crippen molar-refractivity contribution in [1.29, 1.82) is 0 Å². The summed E-state index contributed by atoms with van der Waals surface area (Å²) in [4.78, 5) is 2.04. The summed E-state index contributed by atoms with van der Waals surface area (Å²) in [5.74, 6) is 1.94. The van der Waals surface area contributed by atoms with Gasteiger partial charge in [-0.1, -0.05) is 0 Å². The Bertz CT molecular complexity index is 1010. The van der Waals surface area contributed by atoms with Crippen LogP contribution < -0.4 is 14.4 Å². The summed E-state index contributed by atoms with van der Waals surface area (Å²) in [6, 6.07) is 13.6. The van der Waals surface area contributed by atoms with Crippen molar-refractivity contribution in [2.45, 2.75) is 0 Å². The molecule has 0 unspecified atom stereocenters. The second-order valence-corrected chi connectivity index (χ2v) is 6.35. The van der Waals surface area contributed by atoms with Gasteiger partial charge < -0.3 is 14.4 Å². The van der Waals surface area contributed by atoms with E-state index in [0.717, 1.165) is 16.8 Å². The first-order chi connectivity index (χ1) is 13.0. The van der Waals surface area contributed by atoms with Crippen molar-refractivity contribution in [3.05, 3.63) is 52.8 Å². The van der Waals surface area contributed by atoms with E-state index in [1.807, 2.05) is 61.5 Å². The van der Waals surface area contributed by atoms with Crippen molar-refractivity contribution in [2.24, 2.45) is 5.10 Å². The van der Waals surface area contributed by atoms with Crippen LogP contribution in [0.15, 0.2) is 47.6 Å². The number of aromatic nitrogens is 3. The fourth-order valence-corrected chi connectivity index (χ4v) is 2.73. The van der Waals surface area contributed by atoms with Gasteiger partial charge in [0.25, 0.3) is 0 Å². The number of rotatable bonds is 6. The molecule has 7 nitrogen and oxygen atoms in total. The van der Waals surface area contributed by atoms with E-state index < -0.39 is 0 Å². The Morgan fingerprint density at radius 3 is 2.41 bits per heavy atom. The largest absolute Gasteiger partial charge is 0.493 e. The SMILES string of the molecule is COc1ccc(C=Nn2c(-c3ccc(N(C)C)cc3)n[nH]c2=S)cc1OC. The molecule has 1 N–H and O–H groups in total. The third-order valence-corrected chi connectivity index (χ3v) is 4.29. The smallest absolute Gasteiger partial charge is 0.216 e. The van der Waals surface area contributed by atoms with Gasteiger partial charge in [-0.3, -0.25) is 0 Å². The zero-order chi connectivity index (χ0) is 19.4. The molecule has 0 aliphatic carbocycles. The van der Waals surface area contributed by atoms with Crippen LogP contribution in [0.1, 0.15) is 5.56 Å². The number of aromatic amines is 1. The van der Waals surface area contributed by atoms with Crippen LogP contribution in [0.4, 0.5) is 5.69 Å². The fourth-order valence-electron chi connectivity index (χ4n) is 2.55. The molecule has 27 heavy (non-hydrogen) atoms. The number of hydrogen-bond acceptors (Lipinski definition) is 6. The lowest BCUT2D eigenvalue weighted by Crippen LogP contribution is -2.08. The molecular formula is C19H21N5O2S. The minimum atomic E-state index is 0.415. The van der Waals surface area contributed by atoms with E-state index in [1.165, 1.54) is 0 Å². The molecule has 1 heterocycles. The molecule has 0 amide bonds. The van der Waals surface area contributed by atoms with Crippen molar-refractivity contribution in [3.8, 4) is 22.9 Å². The van der Waals surface area contributed by atoms with Gasteiger partial charge in [0.15, 0.2) is 17.3 Å². The van der Waals surface area contributed by atoms with Gasteiger partial charge in [0.2, 0.25) is 4.77 Å². The first-order valence-corrected chi connectivity index (χ1v) is 8.66. The van der Waals surface area contributed by atoms with Crippen LogP contribution in [0.3, 0.4) is 0 Å². The van der Waals surface area contributed by atoms with Gasteiger partial charge in [0.1, 0.15) is 0 Å². The summed E-state index contributed by atoms with van der Waals surface area (Å²) in [5.41, 5.74) is 2.87. The Morgan fingerprint density at radius 2 is 1.78 bits per heavy atom. The monoisotopic (exact) mass is 383 g/mol. The quantitative estimate of drug-likeness (QED) is 0.521. The van der Waals surface area contributed by atoms with Crippen LogP contribution in [0, 0.1) is 4.77 Å². The second-order valence-electron chi connectivity index (χ2n) is 5.96. The summed E-state index contributed by atoms with van der Waals surface area (Å²) in [5, 5.41) is 11.6. The maximum atomic E-state index is 5.32. The summed E-state index contributed by atoms with van der Waals surface area (Å²) in [6.45, 7) is 0. The van der Waals surface area contributed by atoms with Crippen LogP contribution >= 0.6 is 12.2 Å². The lowest BCUT2D eigenvalue weighted by Gasteiger charge is -2.12. The maximum absolute atomic E-state index is 5.32. The van der Waals surface area contributed by atoms with Crippen molar-refractivity contribution in [1.82, 2.24) is 14.9 Å². The van der Waals surface area contributed by atoms with Gasteiger partial charge in [-0.15, -0.1) is 0 Å². The van der Waals surface area contributed by atoms with Crippen molar-refractivity contribution in [3.63, 3.8) is 0 Å². The average Bonchev–Trinajstić information content (AvgIpc) is 3.06. The van der Waals surface area contributed by atoms with Crippen molar-refractivity contribution in [2.75, 3.05) is 33.2 Å². The minimum absolute atomic E-state index is 0.415. The molecule has 2 aromatic carbocycles. The van der Waals surface area contributed by atoms with E-state index in [2.05, 4.69) is 15.3 Å². The predicted molar refractivity (Wildman–Crippen MR) is 110 cm³/mol. The van der Waals surface area contributed by atoms with Gasteiger partial charge in [0, 0.05) is 25.3 Å². The zero-order valence-corrected chi connectivity index (χ0v) is 16.4. The first kappa shape index (κ1) is 18.7. The van der Waals surface area contributed by atoms with Crippen molar-refractivity contribution >= 4 is 24.1 Å². The number of benzene rings is 2. The molecule has 0 aliphatic heterocycles. The molecule has 140 valence electrons. The van der Waals surface area contributed by atoms with Crippen LogP contribution in [0.25, 0.3) is 11.4 Å². The van der Waals surface area contributed by atoms with Crippen LogP contribution in [-0.4, -0.2) is 49.4 Å². The Hall–Kier alpha value is -3.13. The minimum Gasteiger partial charge on any atom is -0.493 e. The Labute approximate surface area is 162 Å². The highest BCUT2D eigenvalue weighted by Gasteiger charge is 2.09. The van der Waals surface area contributed by atoms with Crippen LogP contribution in [-0.2, 0) is 0 Å². The molecule has 3 aromatic rings. The molecule has 0 radical (unpaired) electrons. The normalized spacial score (nSPS) is 11.0. The standard InChI is InChI=1S/C19H21N5O2S/c1-23(2)15-8-6-14(7-9-15)18-21-22-19(27)24(18)20-12-13-5-10-16(25-3)17(11-13)26-4/h5-12H,1-4H3,(H,22,27). The van der Waals surface area contributed by atoms with E-state index in [0.29, 0.717) is 22.1 Å². The molecule has 0 spiro atoms. The van der Waals surface area contributed by atoms with Crippen LogP contribution in [0.2, 0.25) is 0 Å². The van der Waals surface area contributed by atoms with E-state index in [-0.39, 0.29) is 0 Å². The van der Waals surface area contributed by atoms with Gasteiger partial charge in [-0.2, -0.15) is 14.9 Å². The summed E-state index contributed by atoms with van der Waals surface area (Å²) < 4.78 is 12.6. The summed E-state index contributed by atoms with van der Waals surface area (Å²) >= 11 is 5.32. The number of nitrogens with one attached hydrogen (secondary N) is 1. The third-order valence-electron chi connectivity index (χ3n) is 4.02. The fraction of sp³-hybridized carbons (Fsp3) is 0.211. The maximum Gasteiger partial charge on any atom is 0.216 e. The number of anilines is 1. The predicted octanol–water partition coefficient (Wildman–Crippen LogP) is 3.57. The molecule has 3 rings (SSSR count). The molecule has 0 aliphatic rings. The number of hydrogen-bond donors (Lipinski definition) is 1. The summed E-state index contributed by atoms with van der Waals surface area (Å²) in [7, 11) is 7.20. The highest BCUT2D eigenvalue weighted by molar-refractivity contribution is 7.71. The average molecular weight is 383 g/mol. The first-order valence-electron chi connectivity index (χ1n) is 8.25. The molecule has 0 saturated heterocycles. The molecule has 8 heteroatoms. The lowest BCUT2D eigenvalue weighted by molar-refractivity contribution is 0.355. The third kappa shape index (κ3) is 4.01. The van der Waals surface area contributed by atoms with E-state index in [1.54, 1.807) is 25.1 Å². The number of nitrogens with zero attached hydrogens (tertiary/aromatic N) is 4. The molecule has 0 saturated carbocycles.